The molecule has 0 spiro atoms. The molecule has 1 heterocycles. The summed E-state index contributed by atoms with van der Waals surface area (Å²) < 4.78 is 0. The fourth-order valence-electron chi connectivity index (χ4n) is 9.14. The Morgan fingerprint density at radius 3 is 2.36 bits per heavy atom. The summed E-state index contributed by atoms with van der Waals surface area (Å²) in [5.74, 6) is -0.834. The zero-order chi connectivity index (χ0) is 26.0. The van der Waals surface area contributed by atoms with Gasteiger partial charge in [0.2, 0.25) is 0 Å². The van der Waals surface area contributed by atoms with Crippen LogP contribution in [0.3, 0.4) is 0 Å². The molecule has 2 amide bonds. The molecule has 9 atom stereocenters. The lowest BCUT2D eigenvalue weighted by Gasteiger charge is -2.61. The molecule has 1 saturated heterocycles. The Morgan fingerprint density at radius 2 is 1.67 bits per heavy atom. The van der Waals surface area contributed by atoms with Gasteiger partial charge in [0, 0.05) is 38.0 Å². The van der Waals surface area contributed by atoms with Gasteiger partial charge in [-0.2, -0.15) is 0 Å². The van der Waals surface area contributed by atoms with E-state index < -0.39 is 23.9 Å². The summed E-state index contributed by atoms with van der Waals surface area (Å²) in [6.07, 6.45) is 5.37. The zero-order valence-electron chi connectivity index (χ0n) is 21.7. The van der Waals surface area contributed by atoms with E-state index in [0.29, 0.717) is 23.8 Å². The molecule has 1 aliphatic heterocycles. The van der Waals surface area contributed by atoms with Gasteiger partial charge in [-0.15, -0.1) is 5.06 Å². The molecule has 0 aromatic carbocycles. The molecule has 0 aromatic heterocycles. The molecule has 8 heteroatoms. The van der Waals surface area contributed by atoms with Crippen LogP contribution in [0.15, 0.2) is 0 Å². The molecule has 4 aliphatic carbocycles. The van der Waals surface area contributed by atoms with Gasteiger partial charge < -0.3 is 9.94 Å². The van der Waals surface area contributed by atoms with Gasteiger partial charge in [0.05, 0.1) is 0 Å². The highest BCUT2D eigenvalue weighted by atomic mass is 16.7. The van der Waals surface area contributed by atoms with Gasteiger partial charge >= 0.3 is 5.97 Å². The topological polar surface area (TPSA) is 118 Å². The minimum absolute atomic E-state index is 0.0275. The third kappa shape index (κ3) is 3.86. The van der Waals surface area contributed by atoms with Gasteiger partial charge in [-0.3, -0.25) is 19.2 Å². The van der Waals surface area contributed by atoms with E-state index in [1.165, 1.54) is 0 Å². The minimum atomic E-state index is -0.997. The van der Waals surface area contributed by atoms with E-state index in [1.54, 1.807) is 0 Å². The van der Waals surface area contributed by atoms with E-state index >= 15 is 0 Å². The first-order valence-corrected chi connectivity index (χ1v) is 13.8. The normalized spacial score (nSPS) is 43.2. The van der Waals surface area contributed by atoms with Crippen molar-refractivity contribution in [3.8, 4) is 0 Å². The van der Waals surface area contributed by atoms with E-state index in [9.17, 15) is 29.1 Å². The number of Topliss-reactive ketones (excluding diaryl/α,β-unsaturated/α-hetero) is 2. The highest BCUT2D eigenvalue weighted by molar-refractivity contribution is 6.01. The number of imide groups is 1. The predicted octanol–water partition coefficient (Wildman–Crippen LogP) is 3.39. The van der Waals surface area contributed by atoms with Crippen LogP contribution < -0.4 is 0 Å². The molecule has 8 nitrogen and oxygen atoms in total. The van der Waals surface area contributed by atoms with Crippen molar-refractivity contribution in [1.82, 2.24) is 5.06 Å². The second-order valence-electron chi connectivity index (χ2n) is 12.7. The van der Waals surface area contributed by atoms with Crippen molar-refractivity contribution in [1.29, 1.82) is 0 Å². The Hall–Kier alpha value is -2.09. The molecule has 0 aromatic rings. The standard InChI is InChI=1S/C28H39NO7/c1-15(4-9-23(33)36-29-21(31)7-8-22(29)32)17-5-6-18-24-19(11-13-27(17,18)2)28(3)12-10-16(30)14-20(28)25(34)26(24)35/h15,17-20,24,26,35H,4-14H2,1-3H3/t15-,17-,18+,19+,20+,24+,26+,27-,28-/m1/s1. The zero-order valence-corrected chi connectivity index (χ0v) is 21.7. The summed E-state index contributed by atoms with van der Waals surface area (Å²) in [5, 5.41) is 11.9. The minimum Gasteiger partial charge on any atom is -0.385 e. The molecule has 0 radical (unpaired) electrons. The van der Waals surface area contributed by atoms with Gasteiger partial charge in [0.1, 0.15) is 11.9 Å². The van der Waals surface area contributed by atoms with E-state index in [0.717, 1.165) is 32.1 Å². The first kappa shape index (κ1) is 25.6. The molecule has 5 fully saturated rings. The van der Waals surface area contributed by atoms with Gasteiger partial charge in [-0.1, -0.05) is 20.8 Å². The molecular weight excluding hydrogens is 462 g/mol. The Morgan fingerprint density at radius 1 is 1.00 bits per heavy atom. The number of hydrogen-bond donors (Lipinski definition) is 1. The van der Waals surface area contributed by atoms with Crippen LogP contribution in [0.4, 0.5) is 0 Å². The summed E-state index contributed by atoms with van der Waals surface area (Å²) in [4.78, 5) is 66.4. The first-order valence-electron chi connectivity index (χ1n) is 13.8. The van der Waals surface area contributed by atoms with Gasteiger partial charge in [-0.05, 0) is 78.9 Å². The highest BCUT2D eigenvalue weighted by Gasteiger charge is 2.65. The molecule has 0 unspecified atom stereocenters. The maximum Gasteiger partial charge on any atom is 0.333 e. The van der Waals surface area contributed by atoms with Crippen LogP contribution >= 0.6 is 0 Å². The van der Waals surface area contributed by atoms with Crippen molar-refractivity contribution in [2.45, 2.75) is 97.5 Å². The molecule has 0 bridgehead atoms. The number of nitrogens with zero attached hydrogens (tertiary/aromatic N) is 1. The lowest BCUT2D eigenvalue weighted by Crippen LogP contribution is -2.62. The molecule has 4 saturated carbocycles. The molecular formula is C28H39NO7. The van der Waals surface area contributed by atoms with Crippen LogP contribution in [0.2, 0.25) is 0 Å². The number of carbonyl (C=O) groups is 5. The van der Waals surface area contributed by atoms with Crippen molar-refractivity contribution < 1.29 is 33.9 Å². The fourth-order valence-corrected chi connectivity index (χ4v) is 9.14. The van der Waals surface area contributed by atoms with Gasteiger partial charge in [0.15, 0.2) is 5.78 Å². The van der Waals surface area contributed by atoms with Crippen LogP contribution in [-0.2, 0) is 28.8 Å². The first-order chi connectivity index (χ1) is 17.0. The highest BCUT2D eigenvalue weighted by Crippen LogP contribution is 2.67. The fraction of sp³-hybridized carbons (Fsp3) is 0.821. The Kier molecular flexibility index (Phi) is 6.41. The van der Waals surface area contributed by atoms with E-state index in [2.05, 4.69) is 20.8 Å². The predicted molar refractivity (Wildman–Crippen MR) is 128 cm³/mol. The number of aliphatic hydroxyl groups is 1. The van der Waals surface area contributed by atoms with Crippen LogP contribution in [0, 0.1) is 46.3 Å². The summed E-state index contributed by atoms with van der Waals surface area (Å²) in [6, 6.07) is 0. The van der Waals surface area contributed by atoms with Crippen LogP contribution in [0.5, 0.6) is 0 Å². The van der Waals surface area contributed by atoms with Crippen LogP contribution in [0.25, 0.3) is 0 Å². The largest absolute Gasteiger partial charge is 0.385 e. The third-order valence-electron chi connectivity index (χ3n) is 11.1. The Balaban J connectivity index is 1.27. The summed E-state index contributed by atoms with van der Waals surface area (Å²) in [5.41, 5.74) is -0.242. The smallest absolute Gasteiger partial charge is 0.333 e. The number of fused-ring (bicyclic) bond motifs is 5. The lowest BCUT2D eigenvalue weighted by atomic mass is 9.43. The van der Waals surface area contributed by atoms with Gasteiger partial charge in [0.25, 0.3) is 11.8 Å². The molecule has 5 aliphatic rings. The quantitative estimate of drug-likeness (QED) is 0.574. The van der Waals surface area contributed by atoms with E-state index in [1.807, 2.05) is 0 Å². The maximum atomic E-state index is 13.3. The third-order valence-corrected chi connectivity index (χ3v) is 11.1. The number of amides is 2. The van der Waals surface area contributed by atoms with Crippen molar-refractivity contribution >= 4 is 29.4 Å². The summed E-state index contributed by atoms with van der Waals surface area (Å²) >= 11 is 0. The van der Waals surface area contributed by atoms with Crippen molar-refractivity contribution in [2.75, 3.05) is 0 Å². The SMILES string of the molecule is C[C@H](CCC(=O)ON1C(=O)CCC1=O)[C@H]1CC[C@H]2[C@@H]3[C@H](O)C(=O)[C@@H]4CC(=O)CC[C@]4(C)[C@H]3CC[C@]12C. The lowest BCUT2D eigenvalue weighted by molar-refractivity contribution is -0.197. The van der Waals surface area contributed by atoms with E-state index in [4.69, 9.17) is 4.84 Å². The second kappa shape index (κ2) is 9.03. The molecule has 198 valence electrons. The molecule has 5 rings (SSSR count). The average Bonchev–Trinajstić information content (AvgIpc) is 3.35. The molecule has 1 N–H and O–H groups in total. The number of ketones is 2. The van der Waals surface area contributed by atoms with Crippen molar-refractivity contribution in [3.05, 3.63) is 0 Å². The molecule has 36 heavy (non-hydrogen) atoms. The van der Waals surface area contributed by atoms with Crippen molar-refractivity contribution in [2.24, 2.45) is 46.3 Å². The number of hydroxylamine groups is 2. The monoisotopic (exact) mass is 501 g/mol. The second-order valence-corrected chi connectivity index (χ2v) is 12.7. The summed E-state index contributed by atoms with van der Waals surface area (Å²) in [7, 11) is 0. The number of hydrogen-bond acceptors (Lipinski definition) is 7. The number of rotatable bonds is 5. The Bertz CT molecular complexity index is 976. The summed E-state index contributed by atoms with van der Waals surface area (Å²) in [6.45, 7) is 6.64. The number of carbonyl (C=O) groups excluding carboxylic acids is 5. The van der Waals surface area contributed by atoms with Gasteiger partial charge in [-0.25, -0.2) is 4.79 Å². The average molecular weight is 502 g/mol. The number of aliphatic hydroxyl groups excluding tert-OH is 1. The van der Waals surface area contributed by atoms with Crippen molar-refractivity contribution in [3.63, 3.8) is 0 Å². The van der Waals surface area contributed by atoms with Crippen LogP contribution in [0.1, 0.15) is 91.4 Å². The van der Waals surface area contributed by atoms with Crippen LogP contribution in [-0.4, -0.2) is 45.6 Å². The maximum absolute atomic E-state index is 13.3. The van der Waals surface area contributed by atoms with E-state index in [-0.39, 0.29) is 77.7 Å². The Labute approximate surface area is 212 Å².